The van der Waals surface area contributed by atoms with Crippen LogP contribution in [0.5, 0.6) is 0 Å². The first-order chi connectivity index (χ1) is 6.13. The van der Waals surface area contributed by atoms with Gasteiger partial charge in [-0.25, -0.2) is 4.39 Å². The quantitative estimate of drug-likeness (QED) is 0.651. The lowest BCUT2D eigenvalue weighted by atomic mass is 10.2. The third-order valence-corrected chi connectivity index (χ3v) is 1.45. The maximum absolute atomic E-state index is 12.7. The average molecular weight is 177 g/mol. The van der Waals surface area contributed by atoms with E-state index in [0.29, 0.717) is 11.3 Å². The van der Waals surface area contributed by atoms with Gasteiger partial charge in [0.2, 0.25) is 5.91 Å². The van der Waals surface area contributed by atoms with Gasteiger partial charge in [-0.15, -0.1) is 6.42 Å². The molecule has 2 nitrogen and oxygen atoms in total. The first kappa shape index (κ1) is 9.27. The summed E-state index contributed by atoms with van der Waals surface area (Å²) in [5.41, 5.74) is 0.798. The molecule has 13 heavy (non-hydrogen) atoms. The van der Waals surface area contributed by atoms with Crippen LogP contribution in [-0.4, -0.2) is 5.91 Å². The first-order valence-electron chi connectivity index (χ1n) is 3.67. The number of nitrogens with one attached hydrogen (secondary N) is 1. The van der Waals surface area contributed by atoms with Crippen LogP contribution < -0.4 is 5.32 Å². The molecule has 0 aliphatic heterocycles. The van der Waals surface area contributed by atoms with Crippen molar-refractivity contribution in [2.45, 2.75) is 6.92 Å². The predicted molar refractivity (Wildman–Crippen MR) is 48.6 cm³/mol. The molecule has 0 aliphatic rings. The molecule has 1 N–H and O–H groups in total. The van der Waals surface area contributed by atoms with Crippen molar-refractivity contribution in [2.75, 3.05) is 5.32 Å². The molecule has 0 aromatic heterocycles. The van der Waals surface area contributed by atoms with Gasteiger partial charge in [-0.05, 0) is 18.2 Å². The summed E-state index contributed by atoms with van der Waals surface area (Å²) in [4.78, 5) is 10.7. The smallest absolute Gasteiger partial charge is 0.221 e. The van der Waals surface area contributed by atoms with E-state index in [4.69, 9.17) is 6.42 Å². The van der Waals surface area contributed by atoms with Gasteiger partial charge in [0.15, 0.2) is 0 Å². The highest BCUT2D eigenvalue weighted by Gasteiger charge is 2.02. The fourth-order valence-electron chi connectivity index (χ4n) is 0.935. The van der Waals surface area contributed by atoms with Crippen molar-refractivity contribution in [1.29, 1.82) is 0 Å². The fraction of sp³-hybridized carbons (Fsp3) is 0.100. The van der Waals surface area contributed by atoms with Crippen LogP contribution in [0.15, 0.2) is 18.2 Å². The lowest BCUT2D eigenvalue weighted by Gasteiger charge is -2.04. The van der Waals surface area contributed by atoms with Gasteiger partial charge in [0, 0.05) is 6.92 Å². The second kappa shape index (κ2) is 3.72. The molecule has 66 valence electrons. The van der Waals surface area contributed by atoms with Gasteiger partial charge in [-0.3, -0.25) is 4.79 Å². The number of rotatable bonds is 1. The van der Waals surface area contributed by atoms with E-state index in [2.05, 4.69) is 11.2 Å². The highest BCUT2D eigenvalue weighted by Crippen LogP contribution is 2.15. The summed E-state index contributed by atoms with van der Waals surface area (Å²) >= 11 is 0. The zero-order valence-electron chi connectivity index (χ0n) is 7.10. The third-order valence-electron chi connectivity index (χ3n) is 1.45. The molecular weight excluding hydrogens is 169 g/mol. The molecule has 1 aromatic rings. The molecule has 0 fully saturated rings. The molecule has 3 heteroatoms. The molecule has 0 saturated carbocycles. The van der Waals surface area contributed by atoms with E-state index in [0.717, 1.165) is 0 Å². The SMILES string of the molecule is C#Cc1cc(F)ccc1NC(C)=O. The van der Waals surface area contributed by atoms with Crippen molar-refractivity contribution < 1.29 is 9.18 Å². The molecule has 0 saturated heterocycles. The van der Waals surface area contributed by atoms with E-state index in [1.54, 1.807) is 0 Å². The summed E-state index contributed by atoms with van der Waals surface area (Å²) in [6, 6.07) is 3.88. The van der Waals surface area contributed by atoms with Crippen LogP contribution in [0.25, 0.3) is 0 Å². The van der Waals surface area contributed by atoms with Gasteiger partial charge in [0.05, 0.1) is 11.3 Å². The first-order valence-corrected chi connectivity index (χ1v) is 3.67. The van der Waals surface area contributed by atoms with Crippen LogP contribution in [0, 0.1) is 18.2 Å². The Morgan fingerprint density at radius 1 is 1.62 bits per heavy atom. The Bertz CT molecular complexity index is 379. The topological polar surface area (TPSA) is 29.1 Å². The molecule has 0 spiro atoms. The van der Waals surface area contributed by atoms with Crippen LogP contribution in [0.3, 0.4) is 0 Å². The second-order valence-electron chi connectivity index (χ2n) is 2.52. The van der Waals surface area contributed by atoms with Gasteiger partial charge in [0.25, 0.3) is 0 Å². The number of benzene rings is 1. The van der Waals surface area contributed by atoms with Crippen molar-refractivity contribution in [3.63, 3.8) is 0 Å². The average Bonchev–Trinajstić information content (AvgIpc) is 2.07. The second-order valence-corrected chi connectivity index (χ2v) is 2.52. The largest absolute Gasteiger partial charge is 0.325 e. The summed E-state index contributed by atoms with van der Waals surface area (Å²) in [7, 11) is 0. The minimum atomic E-state index is -0.415. The van der Waals surface area contributed by atoms with Gasteiger partial charge < -0.3 is 5.32 Å². The lowest BCUT2D eigenvalue weighted by molar-refractivity contribution is -0.114. The van der Waals surface area contributed by atoms with E-state index in [-0.39, 0.29) is 5.91 Å². The van der Waals surface area contributed by atoms with Crippen molar-refractivity contribution in [1.82, 2.24) is 0 Å². The summed E-state index contributed by atoms with van der Waals surface area (Å²) in [5, 5.41) is 2.50. The van der Waals surface area contributed by atoms with Crippen molar-refractivity contribution in [3.8, 4) is 12.3 Å². The highest BCUT2D eigenvalue weighted by molar-refractivity contribution is 5.90. The Morgan fingerprint density at radius 2 is 2.31 bits per heavy atom. The standard InChI is InChI=1S/C10H8FNO/c1-3-8-6-9(11)4-5-10(8)12-7(2)13/h1,4-6H,2H3,(H,12,13). The Labute approximate surface area is 75.8 Å². The van der Waals surface area contributed by atoms with E-state index >= 15 is 0 Å². The number of anilines is 1. The normalized spacial score (nSPS) is 9.00. The number of terminal acetylenes is 1. The maximum atomic E-state index is 12.7. The number of hydrogen-bond donors (Lipinski definition) is 1. The third kappa shape index (κ3) is 2.31. The Kier molecular flexibility index (Phi) is 2.65. The van der Waals surface area contributed by atoms with Crippen LogP contribution in [0.2, 0.25) is 0 Å². The monoisotopic (exact) mass is 177 g/mol. The molecule has 0 unspecified atom stereocenters. The molecule has 1 amide bonds. The number of halogens is 1. The minimum Gasteiger partial charge on any atom is -0.325 e. The molecule has 1 rings (SSSR count). The van der Waals surface area contributed by atoms with Gasteiger partial charge in [-0.1, -0.05) is 5.92 Å². The zero-order valence-corrected chi connectivity index (χ0v) is 7.10. The summed E-state index contributed by atoms with van der Waals surface area (Å²) in [6.45, 7) is 1.36. The summed E-state index contributed by atoms with van der Waals surface area (Å²) in [5.74, 6) is 1.64. The Morgan fingerprint density at radius 3 is 2.85 bits per heavy atom. The zero-order chi connectivity index (χ0) is 9.84. The fourth-order valence-corrected chi connectivity index (χ4v) is 0.935. The molecule has 1 aromatic carbocycles. The van der Waals surface area contributed by atoms with Crippen molar-refractivity contribution in [3.05, 3.63) is 29.6 Å². The van der Waals surface area contributed by atoms with Crippen LogP contribution in [0.4, 0.5) is 10.1 Å². The van der Waals surface area contributed by atoms with Crippen LogP contribution in [0.1, 0.15) is 12.5 Å². The molecular formula is C10H8FNO. The number of carbonyl (C=O) groups excluding carboxylic acids is 1. The van der Waals surface area contributed by atoms with Crippen molar-refractivity contribution in [2.24, 2.45) is 0 Å². The minimum absolute atomic E-state index is 0.233. The molecule has 0 atom stereocenters. The highest BCUT2D eigenvalue weighted by atomic mass is 19.1. The van der Waals surface area contributed by atoms with E-state index in [1.807, 2.05) is 0 Å². The predicted octanol–water partition coefficient (Wildman–Crippen LogP) is 1.77. The summed E-state index contributed by atoms with van der Waals surface area (Å²) in [6.07, 6.45) is 5.13. The Balaban J connectivity index is 3.08. The van der Waals surface area contributed by atoms with Gasteiger partial charge in [-0.2, -0.15) is 0 Å². The number of amides is 1. The molecule has 0 aliphatic carbocycles. The number of hydrogen-bond acceptors (Lipinski definition) is 1. The van der Waals surface area contributed by atoms with E-state index in [1.165, 1.54) is 25.1 Å². The molecule has 0 bridgehead atoms. The Hall–Kier alpha value is -1.82. The van der Waals surface area contributed by atoms with Crippen LogP contribution in [-0.2, 0) is 4.79 Å². The number of carbonyl (C=O) groups is 1. The van der Waals surface area contributed by atoms with Crippen LogP contribution >= 0.6 is 0 Å². The van der Waals surface area contributed by atoms with Crippen molar-refractivity contribution >= 4 is 11.6 Å². The summed E-state index contributed by atoms with van der Waals surface area (Å²) < 4.78 is 12.7. The van der Waals surface area contributed by atoms with E-state index < -0.39 is 5.82 Å². The van der Waals surface area contributed by atoms with Gasteiger partial charge in [0.1, 0.15) is 5.82 Å². The lowest BCUT2D eigenvalue weighted by Crippen LogP contribution is -2.07. The maximum Gasteiger partial charge on any atom is 0.221 e. The van der Waals surface area contributed by atoms with Gasteiger partial charge >= 0.3 is 0 Å². The molecule has 0 radical (unpaired) electrons. The molecule has 0 heterocycles. The van der Waals surface area contributed by atoms with E-state index in [9.17, 15) is 9.18 Å².